The van der Waals surface area contributed by atoms with Crippen LogP contribution in [0, 0.1) is 0 Å². The lowest BCUT2D eigenvalue weighted by atomic mass is 9.84. The molecule has 0 saturated heterocycles. The second-order valence-electron chi connectivity index (χ2n) is 18.3. The molecule has 0 aliphatic carbocycles. The number of hydrogen-bond donors (Lipinski definition) is 0. The summed E-state index contributed by atoms with van der Waals surface area (Å²) in [5, 5.41) is 7.46. The topological polar surface area (TPSA) is 54.8 Å². The van der Waals surface area contributed by atoms with Crippen molar-refractivity contribution in [3.63, 3.8) is 0 Å². The van der Waals surface area contributed by atoms with Crippen LogP contribution >= 0.6 is 0 Å². The van der Waals surface area contributed by atoms with Crippen molar-refractivity contribution in [2.24, 2.45) is 0 Å². The Bertz CT molecular complexity index is 3800. The molecule has 0 bridgehead atoms. The van der Waals surface area contributed by atoms with Gasteiger partial charge < -0.3 is 4.90 Å². The summed E-state index contributed by atoms with van der Waals surface area (Å²) in [6.45, 7) is 0. The van der Waals surface area contributed by atoms with Gasteiger partial charge in [-0.2, -0.15) is 0 Å². The van der Waals surface area contributed by atoms with E-state index in [4.69, 9.17) is 0 Å². The van der Waals surface area contributed by atoms with E-state index in [1.165, 1.54) is 54.6 Å². The highest BCUT2D eigenvalue weighted by Gasteiger charge is 2.21. The highest BCUT2D eigenvalue weighted by molar-refractivity contribution is 6.23. The zero-order chi connectivity index (χ0) is 48.5. The molecule has 0 N–H and O–H groups in total. The van der Waals surface area contributed by atoms with E-state index in [1.807, 2.05) is 73.8 Å². The number of benzene rings is 9. The van der Waals surface area contributed by atoms with E-state index in [0.29, 0.717) is 0 Å². The van der Waals surface area contributed by atoms with Gasteiger partial charge in [0.1, 0.15) is 0 Å². The summed E-state index contributed by atoms with van der Waals surface area (Å²) < 4.78 is 0. The summed E-state index contributed by atoms with van der Waals surface area (Å²) in [6, 6.07) is 81.0. The molecule has 4 heterocycles. The van der Waals surface area contributed by atoms with Crippen LogP contribution in [-0.2, 0) is 0 Å². The zero-order valence-electron chi connectivity index (χ0n) is 39.7. The lowest BCUT2D eigenvalue weighted by molar-refractivity contribution is 1.27. The third-order valence-electron chi connectivity index (χ3n) is 14.0. The van der Waals surface area contributed by atoms with Gasteiger partial charge in [0.05, 0.1) is 0 Å². The van der Waals surface area contributed by atoms with Crippen molar-refractivity contribution in [2.45, 2.75) is 0 Å². The Balaban J connectivity index is 0.941. The minimum Gasteiger partial charge on any atom is -0.310 e. The summed E-state index contributed by atoms with van der Waals surface area (Å²) in [5.74, 6) is 0. The third kappa shape index (κ3) is 8.25. The molecule has 73 heavy (non-hydrogen) atoms. The normalized spacial score (nSPS) is 11.3. The van der Waals surface area contributed by atoms with E-state index in [-0.39, 0.29) is 0 Å². The first-order chi connectivity index (χ1) is 36.2. The largest absolute Gasteiger partial charge is 0.310 e. The molecule has 13 aromatic rings. The first-order valence-corrected chi connectivity index (χ1v) is 24.5. The fourth-order valence-corrected chi connectivity index (χ4v) is 10.5. The molecular weight excluding hydrogens is 887 g/mol. The lowest BCUT2D eigenvalue weighted by Gasteiger charge is -2.28. The van der Waals surface area contributed by atoms with Gasteiger partial charge in [0.25, 0.3) is 0 Å². The second-order valence-corrected chi connectivity index (χ2v) is 18.3. The number of aromatic nitrogens is 4. The molecule has 0 unspecified atom stereocenters. The van der Waals surface area contributed by atoms with E-state index >= 15 is 0 Å². The van der Waals surface area contributed by atoms with Crippen molar-refractivity contribution in [1.82, 2.24) is 19.9 Å². The Hall–Kier alpha value is -9.84. The zero-order valence-corrected chi connectivity index (χ0v) is 39.7. The summed E-state index contributed by atoms with van der Waals surface area (Å²) in [4.78, 5) is 20.4. The van der Waals surface area contributed by atoms with Crippen molar-refractivity contribution < 1.29 is 0 Å². The summed E-state index contributed by atoms with van der Waals surface area (Å²) in [7, 11) is 0. The minimum absolute atomic E-state index is 0.990. The molecule has 0 radical (unpaired) electrons. The summed E-state index contributed by atoms with van der Waals surface area (Å²) >= 11 is 0. The smallest absolute Gasteiger partial charge is 0.0474 e. The van der Waals surface area contributed by atoms with Crippen molar-refractivity contribution in [1.29, 1.82) is 0 Å². The Morgan fingerprint density at radius 1 is 0.233 bits per heavy atom. The van der Waals surface area contributed by atoms with E-state index in [0.717, 1.165) is 72.7 Å². The van der Waals surface area contributed by atoms with E-state index in [2.05, 4.69) is 225 Å². The summed E-state index contributed by atoms with van der Waals surface area (Å²) in [6.07, 6.45) is 15.0. The fraction of sp³-hybridized carbons (Fsp3) is 0. The van der Waals surface area contributed by atoms with Gasteiger partial charge in [-0.15, -0.1) is 0 Å². The standard InChI is InChI=1S/C68H45N5/c1-2-18-61-48(12-1)13-7-23-62(61)68-65-21-5-3-19-63(65)67(64-20-4-6-22-66(64)68)49-26-24-46(25-27-49)47-28-30-58(31-29-47)73(59-38-54(50-14-8-32-69-42-50)36-55(39-59)51-15-9-33-70-43-51)60-40-56(52-16-10-34-71-44-52)37-57(41-60)53-17-11-35-72-45-53/h1-45H. The average molecular weight is 932 g/mol. The number of nitrogens with zero attached hydrogens (tertiary/aromatic N) is 5. The molecule has 342 valence electrons. The van der Waals surface area contributed by atoms with Crippen LogP contribution < -0.4 is 4.90 Å². The molecule has 0 fully saturated rings. The number of pyridine rings is 4. The molecule has 13 rings (SSSR count). The van der Waals surface area contributed by atoms with Gasteiger partial charge in [-0.05, 0) is 161 Å². The molecule has 0 amide bonds. The molecule has 0 spiro atoms. The predicted molar refractivity (Wildman–Crippen MR) is 303 cm³/mol. The van der Waals surface area contributed by atoms with Crippen LogP contribution in [0.1, 0.15) is 0 Å². The molecular formula is C68H45N5. The summed E-state index contributed by atoms with van der Waals surface area (Å²) in [5.41, 5.74) is 18.5. The first kappa shape index (κ1) is 43.2. The number of rotatable bonds is 10. The molecule has 5 heteroatoms. The van der Waals surface area contributed by atoms with E-state index in [9.17, 15) is 0 Å². The van der Waals surface area contributed by atoms with Crippen molar-refractivity contribution >= 4 is 49.4 Å². The van der Waals surface area contributed by atoms with Crippen LogP contribution in [0.25, 0.3) is 110 Å². The van der Waals surface area contributed by atoms with Gasteiger partial charge in [0.15, 0.2) is 0 Å². The molecule has 0 aliphatic heterocycles. The molecule has 4 aromatic heterocycles. The van der Waals surface area contributed by atoms with Crippen LogP contribution in [0.3, 0.4) is 0 Å². The maximum Gasteiger partial charge on any atom is 0.0474 e. The highest BCUT2D eigenvalue weighted by atomic mass is 15.1. The van der Waals surface area contributed by atoms with Crippen LogP contribution in [0.15, 0.2) is 274 Å². The number of fused-ring (bicyclic) bond motifs is 3. The Morgan fingerprint density at radius 3 is 1.03 bits per heavy atom. The van der Waals surface area contributed by atoms with Gasteiger partial charge in [-0.1, -0.05) is 152 Å². The molecule has 0 aliphatic rings. The van der Waals surface area contributed by atoms with Gasteiger partial charge in [0, 0.05) is 88.9 Å². The highest BCUT2D eigenvalue weighted by Crippen LogP contribution is 2.47. The van der Waals surface area contributed by atoms with Crippen LogP contribution in [0.4, 0.5) is 17.1 Å². The Kier molecular flexibility index (Phi) is 11.1. The van der Waals surface area contributed by atoms with E-state index < -0.39 is 0 Å². The van der Waals surface area contributed by atoms with E-state index in [1.54, 1.807) is 0 Å². The molecule has 9 aromatic carbocycles. The SMILES string of the molecule is c1cncc(-c2cc(-c3cccnc3)cc(N(c3ccc(-c4ccc(-c5c6ccccc6c(-c6cccc7ccccc67)c6ccccc56)cc4)cc3)c3cc(-c4cccnc4)cc(-c4cccnc4)c3)c2)c1. The Morgan fingerprint density at radius 2 is 0.603 bits per heavy atom. The number of anilines is 3. The van der Waals surface area contributed by atoms with Crippen molar-refractivity contribution in [3.05, 3.63) is 274 Å². The van der Waals surface area contributed by atoms with Gasteiger partial charge >= 0.3 is 0 Å². The Labute approximate surface area is 424 Å². The lowest BCUT2D eigenvalue weighted by Crippen LogP contribution is -2.11. The van der Waals surface area contributed by atoms with Gasteiger partial charge in [-0.25, -0.2) is 0 Å². The quantitative estimate of drug-likeness (QED) is 0.128. The van der Waals surface area contributed by atoms with Crippen LogP contribution in [0.5, 0.6) is 0 Å². The van der Waals surface area contributed by atoms with Crippen LogP contribution in [0.2, 0.25) is 0 Å². The maximum atomic E-state index is 4.52. The molecule has 5 nitrogen and oxygen atoms in total. The maximum absolute atomic E-state index is 4.52. The monoisotopic (exact) mass is 931 g/mol. The first-order valence-electron chi connectivity index (χ1n) is 24.5. The van der Waals surface area contributed by atoms with Crippen molar-refractivity contribution in [2.75, 3.05) is 4.90 Å². The predicted octanol–water partition coefficient (Wildman–Crippen LogP) is 17.9. The van der Waals surface area contributed by atoms with Gasteiger partial charge in [0.2, 0.25) is 0 Å². The third-order valence-corrected chi connectivity index (χ3v) is 14.0. The van der Waals surface area contributed by atoms with Gasteiger partial charge in [-0.3, -0.25) is 19.9 Å². The van der Waals surface area contributed by atoms with Crippen LogP contribution in [-0.4, -0.2) is 19.9 Å². The number of hydrogen-bond acceptors (Lipinski definition) is 5. The minimum atomic E-state index is 0.990. The molecule has 0 saturated carbocycles. The second kappa shape index (κ2) is 18.8. The van der Waals surface area contributed by atoms with Crippen molar-refractivity contribution in [3.8, 4) is 77.9 Å². The average Bonchev–Trinajstić information content (AvgIpc) is 3.47. The molecule has 0 atom stereocenters. The fourth-order valence-electron chi connectivity index (χ4n) is 10.5.